The third kappa shape index (κ3) is 4.60. The lowest BCUT2D eigenvalue weighted by atomic mass is 10.2. The van der Waals surface area contributed by atoms with Gasteiger partial charge in [-0.2, -0.15) is 0 Å². The molecule has 1 atom stereocenters. The van der Waals surface area contributed by atoms with Gasteiger partial charge in [0.1, 0.15) is 0 Å². The third-order valence-corrected chi connectivity index (χ3v) is 4.53. The van der Waals surface area contributed by atoms with Crippen molar-refractivity contribution in [3.63, 3.8) is 0 Å². The van der Waals surface area contributed by atoms with E-state index in [4.69, 9.17) is 4.74 Å². The highest BCUT2D eigenvalue weighted by molar-refractivity contribution is 7.94. The maximum atomic E-state index is 11.7. The molecule has 1 heterocycles. The molecule has 0 saturated heterocycles. The van der Waals surface area contributed by atoms with Crippen LogP contribution < -0.4 is 5.32 Å². The van der Waals surface area contributed by atoms with Gasteiger partial charge in [-0.25, -0.2) is 13.2 Å². The highest BCUT2D eigenvalue weighted by Gasteiger charge is 2.21. The molecule has 1 aliphatic heterocycles. The summed E-state index contributed by atoms with van der Waals surface area (Å²) in [6.07, 6.45) is 3.46. The predicted octanol–water partition coefficient (Wildman–Crippen LogP) is 2.37. The topological polar surface area (TPSA) is 72.5 Å². The Bertz CT molecular complexity index is 620. The highest BCUT2D eigenvalue weighted by atomic mass is 32.2. The van der Waals surface area contributed by atoms with Crippen molar-refractivity contribution >= 4 is 21.5 Å². The van der Waals surface area contributed by atoms with Crippen LogP contribution in [-0.4, -0.2) is 32.8 Å². The zero-order chi connectivity index (χ0) is 15.3. The maximum absolute atomic E-state index is 11.7. The summed E-state index contributed by atoms with van der Waals surface area (Å²) in [5.41, 5.74) is 1.26. The molecule has 0 spiro atoms. The summed E-state index contributed by atoms with van der Waals surface area (Å²) >= 11 is 0. The van der Waals surface area contributed by atoms with Crippen LogP contribution in [-0.2, 0) is 14.6 Å². The SMILES string of the molecule is CCCCOC(=O)c1ccc(N[C@@H]2C=CS(=O)(=O)C2)cc1. The molecule has 0 radical (unpaired) electrons. The lowest BCUT2D eigenvalue weighted by Crippen LogP contribution is -2.20. The molecule has 0 bridgehead atoms. The van der Waals surface area contributed by atoms with Crippen LogP contribution >= 0.6 is 0 Å². The first kappa shape index (κ1) is 15.6. The van der Waals surface area contributed by atoms with E-state index in [-0.39, 0.29) is 17.8 Å². The molecule has 1 aliphatic rings. The Labute approximate surface area is 124 Å². The second kappa shape index (κ2) is 6.76. The van der Waals surface area contributed by atoms with Crippen molar-refractivity contribution in [2.45, 2.75) is 25.8 Å². The number of benzene rings is 1. The number of anilines is 1. The molecule has 1 aromatic carbocycles. The van der Waals surface area contributed by atoms with Gasteiger partial charge in [-0.05, 0) is 30.7 Å². The number of ether oxygens (including phenoxy) is 1. The van der Waals surface area contributed by atoms with Gasteiger partial charge in [-0.1, -0.05) is 19.4 Å². The zero-order valence-electron chi connectivity index (χ0n) is 11.9. The minimum atomic E-state index is -3.07. The molecule has 0 amide bonds. The van der Waals surface area contributed by atoms with E-state index in [1.165, 1.54) is 5.41 Å². The van der Waals surface area contributed by atoms with Crippen molar-refractivity contribution in [1.82, 2.24) is 0 Å². The number of hydrogen-bond donors (Lipinski definition) is 1. The fraction of sp³-hybridized carbons (Fsp3) is 0.400. The molecule has 0 aliphatic carbocycles. The van der Waals surface area contributed by atoms with Crippen molar-refractivity contribution < 1.29 is 17.9 Å². The van der Waals surface area contributed by atoms with Crippen molar-refractivity contribution in [3.8, 4) is 0 Å². The van der Waals surface area contributed by atoms with Crippen molar-refractivity contribution in [1.29, 1.82) is 0 Å². The van der Waals surface area contributed by atoms with Gasteiger partial charge >= 0.3 is 5.97 Å². The second-order valence-electron chi connectivity index (χ2n) is 4.98. The van der Waals surface area contributed by atoms with Gasteiger partial charge < -0.3 is 10.1 Å². The monoisotopic (exact) mass is 309 g/mol. The lowest BCUT2D eigenvalue weighted by molar-refractivity contribution is 0.0500. The summed E-state index contributed by atoms with van der Waals surface area (Å²) < 4.78 is 27.7. The number of esters is 1. The first-order chi connectivity index (χ1) is 10.00. The summed E-state index contributed by atoms with van der Waals surface area (Å²) in [5, 5.41) is 4.32. The number of nitrogens with one attached hydrogen (secondary N) is 1. The van der Waals surface area contributed by atoms with Crippen LogP contribution in [0.4, 0.5) is 5.69 Å². The summed E-state index contributed by atoms with van der Waals surface area (Å²) in [7, 11) is -3.07. The first-order valence-electron chi connectivity index (χ1n) is 6.95. The minimum absolute atomic E-state index is 0.0633. The smallest absolute Gasteiger partial charge is 0.338 e. The van der Waals surface area contributed by atoms with Gasteiger partial charge in [0, 0.05) is 11.1 Å². The van der Waals surface area contributed by atoms with Gasteiger partial charge in [0.05, 0.1) is 24.0 Å². The van der Waals surface area contributed by atoms with E-state index in [1.54, 1.807) is 30.3 Å². The number of carbonyl (C=O) groups is 1. The first-order valence-corrected chi connectivity index (χ1v) is 8.66. The Hall–Kier alpha value is -1.82. The second-order valence-corrected chi connectivity index (χ2v) is 6.91. The van der Waals surface area contributed by atoms with Crippen LogP contribution in [0.5, 0.6) is 0 Å². The average Bonchev–Trinajstić information content (AvgIpc) is 2.79. The largest absolute Gasteiger partial charge is 0.462 e. The number of rotatable bonds is 6. The maximum Gasteiger partial charge on any atom is 0.338 e. The van der Waals surface area contributed by atoms with Gasteiger partial charge in [0.25, 0.3) is 0 Å². The van der Waals surface area contributed by atoms with E-state index in [2.05, 4.69) is 5.32 Å². The molecule has 2 rings (SSSR count). The van der Waals surface area contributed by atoms with Crippen LogP contribution in [0.25, 0.3) is 0 Å². The molecule has 0 unspecified atom stereocenters. The Morgan fingerprint density at radius 3 is 2.62 bits per heavy atom. The van der Waals surface area contributed by atoms with Crippen molar-refractivity contribution in [2.75, 3.05) is 17.7 Å². The summed E-state index contributed by atoms with van der Waals surface area (Å²) in [4.78, 5) is 11.7. The molecule has 21 heavy (non-hydrogen) atoms. The Balaban J connectivity index is 1.90. The average molecular weight is 309 g/mol. The molecule has 1 aromatic rings. The Morgan fingerprint density at radius 1 is 1.33 bits per heavy atom. The van der Waals surface area contributed by atoms with Crippen LogP contribution in [0.3, 0.4) is 0 Å². The Kier molecular flexibility index (Phi) is 5.01. The lowest BCUT2D eigenvalue weighted by Gasteiger charge is -2.11. The molecule has 0 saturated carbocycles. The number of carbonyl (C=O) groups excluding carboxylic acids is 1. The molecule has 5 nitrogen and oxygen atoms in total. The quantitative estimate of drug-likeness (QED) is 0.645. The van der Waals surface area contributed by atoms with Crippen LogP contribution in [0.1, 0.15) is 30.1 Å². The fourth-order valence-corrected chi connectivity index (χ4v) is 3.21. The summed E-state index contributed by atoms with van der Waals surface area (Å²) in [6.45, 7) is 2.46. The van der Waals surface area contributed by atoms with E-state index >= 15 is 0 Å². The van der Waals surface area contributed by atoms with Crippen LogP contribution in [0.15, 0.2) is 35.7 Å². The number of unbranched alkanes of at least 4 members (excludes halogenated alkanes) is 1. The Morgan fingerprint density at radius 2 is 2.05 bits per heavy atom. The number of sulfone groups is 1. The predicted molar refractivity (Wildman–Crippen MR) is 82.0 cm³/mol. The van der Waals surface area contributed by atoms with Gasteiger partial charge in [0.2, 0.25) is 0 Å². The van der Waals surface area contributed by atoms with Gasteiger partial charge in [-0.3, -0.25) is 0 Å². The molecule has 1 N–H and O–H groups in total. The highest BCUT2D eigenvalue weighted by Crippen LogP contribution is 2.16. The zero-order valence-corrected chi connectivity index (χ0v) is 12.7. The molecule has 0 fully saturated rings. The number of hydrogen-bond acceptors (Lipinski definition) is 5. The minimum Gasteiger partial charge on any atom is -0.462 e. The molecule has 0 aromatic heterocycles. The van der Waals surface area contributed by atoms with E-state index in [0.29, 0.717) is 12.2 Å². The molecular weight excluding hydrogens is 290 g/mol. The third-order valence-electron chi connectivity index (χ3n) is 3.13. The summed E-state index contributed by atoms with van der Waals surface area (Å²) in [5.74, 6) is -0.272. The normalized spacial score (nSPS) is 19.4. The van der Waals surface area contributed by atoms with Gasteiger partial charge in [0.15, 0.2) is 9.84 Å². The molecular formula is C15H19NO4S. The van der Waals surface area contributed by atoms with E-state index < -0.39 is 9.84 Å². The van der Waals surface area contributed by atoms with Crippen LogP contribution in [0.2, 0.25) is 0 Å². The van der Waals surface area contributed by atoms with E-state index in [9.17, 15) is 13.2 Å². The fourth-order valence-electron chi connectivity index (χ4n) is 1.97. The van der Waals surface area contributed by atoms with Gasteiger partial charge in [-0.15, -0.1) is 0 Å². The summed E-state index contributed by atoms with van der Waals surface area (Å²) in [6, 6.07) is 6.61. The van der Waals surface area contributed by atoms with E-state index in [1.807, 2.05) is 6.92 Å². The molecule has 6 heteroatoms. The van der Waals surface area contributed by atoms with Crippen LogP contribution in [0, 0.1) is 0 Å². The van der Waals surface area contributed by atoms with E-state index in [0.717, 1.165) is 18.5 Å². The standard InChI is InChI=1S/C15H19NO4S/c1-2-3-9-20-15(17)12-4-6-13(7-5-12)16-14-8-10-21(18,19)11-14/h4-8,10,14,16H,2-3,9,11H2,1H3/t14-/m1/s1. The molecule has 114 valence electrons. The van der Waals surface area contributed by atoms with Crippen molar-refractivity contribution in [2.24, 2.45) is 0 Å². The van der Waals surface area contributed by atoms with Crippen molar-refractivity contribution in [3.05, 3.63) is 41.3 Å².